The van der Waals surface area contributed by atoms with Crippen molar-refractivity contribution in [3.63, 3.8) is 0 Å². The van der Waals surface area contributed by atoms with Gasteiger partial charge in [0, 0.05) is 12.5 Å². The summed E-state index contributed by atoms with van der Waals surface area (Å²) in [5.74, 6) is 1.39. The van der Waals surface area contributed by atoms with Gasteiger partial charge in [-0.1, -0.05) is 11.6 Å². The molecule has 1 atom stereocenters. The number of H-pyrrole nitrogens is 1. The third kappa shape index (κ3) is 1.66. The van der Waals surface area contributed by atoms with Gasteiger partial charge >= 0.3 is 0 Å². The molecule has 3 rings (SSSR count). The van der Waals surface area contributed by atoms with Crippen LogP contribution in [0.25, 0.3) is 11.2 Å². The van der Waals surface area contributed by atoms with Crippen LogP contribution in [0, 0.1) is 0 Å². The van der Waals surface area contributed by atoms with Crippen molar-refractivity contribution < 1.29 is 0 Å². The highest BCUT2D eigenvalue weighted by atomic mass is 35.5. The molecule has 0 radical (unpaired) electrons. The molecule has 0 bridgehead atoms. The summed E-state index contributed by atoms with van der Waals surface area (Å²) in [5.41, 5.74) is 1.39. The fourth-order valence-corrected chi connectivity index (χ4v) is 2.27. The first-order chi connectivity index (χ1) is 7.84. The predicted molar refractivity (Wildman–Crippen MR) is 61.5 cm³/mol. The van der Waals surface area contributed by atoms with E-state index < -0.39 is 0 Å². The molecule has 0 amide bonds. The Kier molecular flexibility index (Phi) is 2.49. The van der Waals surface area contributed by atoms with Gasteiger partial charge in [-0.3, -0.25) is 0 Å². The molecular formula is C10H12ClN5. The molecule has 1 aliphatic heterocycles. The zero-order valence-corrected chi connectivity index (χ0v) is 9.46. The Hall–Kier alpha value is -1.20. The highest BCUT2D eigenvalue weighted by Gasteiger charge is 2.19. The minimum Gasteiger partial charge on any atom is -0.338 e. The van der Waals surface area contributed by atoms with Crippen LogP contribution in [-0.4, -0.2) is 33.0 Å². The van der Waals surface area contributed by atoms with E-state index >= 15 is 0 Å². The Morgan fingerprint density at radius 2 is 2.31 bits per heavy atom. The van der Waals surface area contributed by atoms with E-state index in [2.05, 4.69) is 25.3 Å². The van der Waals surface area contributed by atoms with E-state index in [0.29, 0.717) is 16.7 Å². The molecule has 2 N–H and O–H groups in total. The first-order valence-electron chi connectivity index (χ1n) is 5.41. The average Bonchev–Trinajstić information content (AvgIpc) is 2.76. The summed E-state index contributed by atoms with van der Waals surface area (Å²) < 4.78 is 0. The maximum Gasteiger partial charge on any atom is 0.182 e. The monoisotopic (exact) mass is 237 g/mol. The molecule has 84 valence electrons. The Bertz CT molecular complexity index is 503. The first-order valence-corrected chi connectivity index (χ1v) is 5.79. The van der Waals surface area contributed by atoms with Gasteiger partial charge in [-0.25, -0.2) is 15.0 Å². The number of aromatic amines is 1. The van der Waals surface area contributed by atoms with Crippen LogP contribution < -0.4 is 5.32 Å². The van der Waals surface area contributed by atoms with Gasteiger partial charge < -0.3 is 10.3 Å². The number of aromatic nitrogens is 4. The number of halogens is 1. The van der Waals surface area contributed by atoms with Crippen molar-refractivity contribution in [3.05, 3.63) is 17.3 Å². The lowest BCUT2D eigenvalue weighted by atomic mass is 9.99. The summed E-state index contributed by atoms with van der Waals surface area (Å²) in [6.45, 7) is 2.06. The first kappa shape index (κ1) is 9.99. The summed E-state index contributed by atoms with van der Waals surface area (Å²) in [4.78, 5) is 15.7. The van der Waals surface area contributed by atoms with Crippen molar-refractivity contribution in [2.45, 2.75) is 18.8 Å². The molecule has 0 aliphatic carbocycles. The van der Waals surface area contributed by atoms with E-state index in [4.69, 9.17) is 11.6 Å². The van der Waals surface area contributed by atoms with E-state index in [-0.39, 0.29) is 0 Å². The maximum absolute atomic E-state index is 5.97. The van der Waals surface area contributed by atoms with Crippen molar-refractivity contribution in [1.82, 2.24) is 25.3 Å². The number of fused-ring (bicyclic) bond motifs is 1. The number of piperidine rings is 1. The zero-order chi connectivity index (χ0) is 11.0. The van der Waals surface area contributed by atoms with E-state index in [1.54, 1.807) is 0 Å². The van der Waals surface area contributed by atoms with Gasteiger partial charge in [0.1, 0.15) is 17.7 Å². The van der Waals surface area contributed by atoms with E-state index in [1.807, 2.05) is 0 Å². The Morgan fingerprint density at radius 1 is 1.38 bits per heavy atom. The second-order valence-electron chi connectivity index (χ2n) is 4.03. The van der Waals surface area contributed by atoms with Crippen molar-refractivity contribution in [3.8, 4) is 0 Å². The van der Waals surface area contributed by atoms with E-state index in [9.17, 15) is 0 Å². The molecule has 5 nitrogen and oxygen atoms in total. The molecule has 0 aromatic carbocycles. The second kappa shape index (κ2) is 3.99. The molecule has 3 heterocycles. The number of nitrogens with zero attached hydrogens (tertiary/aromatic N) is 3. The van der Waals surface area contributed by atoms with Gasteiger partial charge in [0.05, 0.1) is 0 Å². The van der Waals surface area contributed by atoms with E-state index in [0.717, 1.165) is 30.9 Å². The van der Waals surface area contributed by atoms with E-state index in [1.165, 1.54) is 12.7 Å². The number of nitrogens with one attached hydrogen (secondary N) is 2. The SMILES string of the molecule is Clc1ncnc2nc(C3CCCNC3)[nH]c12. The summed E-state index contributed by atoms with van der Waals surface area (Å²) in [5, 5.41) is 3.80. The standard InChI is InChI=1S/C10H12ClN5/c11-8-7-10(14-5-13-8)16-9(15-7)6-2-1-3-12-4-6/h5-6,12H,1-4H2,(H,13,14,15,16). The summed E-state index contributed by atoms with van der Waals surface area (Å²) >= 11 is 5.97. The van der Waals surface area contributed by atoms with Crippen molar-refractivity contribution in [2.75, 3.05) is 13.1 Å². The van der Waals surface area contributed by atoms with Crippen LogP contribution in [0.3, 0.4) is 0 Å². The van der Waals surface area contributed by atoms with Crippen LogP contribution in [0.4, 0.5) is 0 Å². The van der Waals surface area contributed by atoms with Crippen LogP contribution in [0.5, 0.6) is 0 Å². The summed E-state index contributed by atoms with van der Waals surface area (Å²) in [7, 11) is 0. The van der Waals surface area contributed by atoms with Crippen LogP contribution in [-0.2, 0) is 0 Å². The largest absolute Gasteiger partial charge is 0.338 e. The molecular weight excluding hydrogens is 226 g/mol. The third-order valence-corrected chi connectivity index (χ3v) is 3.23. The quantitative estimate of drug-likeness (QED) is 0.738. The van der Waals surface area contributed by atoms with Crippen LogP contribution >= 0.6 is 11.6 Å². The van der Waals surface area contributed by atoms with Crippen LogP contribution in [0.15, 0.2) is 6.33 Å². The second-order valence-corrected chi connectivity index (χ2v) is 4.39. The summed E-state index contributed by atoms with van der Waals surface area (Å²) in [6, 6.07) is 0. The zero-order valence-electron chi connectivity index (χ0n) is 8.70. The molecule has 1 saturated heterocycles. The number of hydrogen-bond donors (Lipinski definition) is 2. The molecule has 0 spiro atoms. The van der Waals surface area contributed by atoms with Crippen molar-refractivity contribution in [2.24, 2.45) is 0 Å². The lowest BCUT2D eigenvalue weighted by Gasteiger charge is -2.20. The van der Waals surface area contributed by atoms with Gasteiger partial charge in [-0.2, -0.15) is 0 Å². The molecule has 16 heavy (non-hydrogen) atoms. The highest BCUT2D eigenvalue weighted by molar-refractivity contribution is 6.33. The molecule has 6 heteroatoms. The maximum atomic E-state index is 5.97. The van der Waals surface area contributed by atoms with Crippen LogP contribution in [0.1, 0.15) is 24.6 Å². The normalized spacial score (nSPS) is 21.4. The minimum absolute atomic E-state index is 0.430. The molecule has 2 aromatic heterocycles. The molecule has 0 saturated carbocycles. The van der Waals surface area contributed by atoms with Gasteiger partial charge in [0.15, 0.2) is 10.8 Å². The van der Waals surface area contributed by atoms with Gasteiger partial charge in [0.2, 0.25) is 0 Å². The van der Waals surface area contributed by atoms with Crippen molar-refractivity contribution in [1.29, 1.82) is 0 Å². The van der Waals surface area contributed by atoms with Gasteiger partial charge in [-0.05, 0) is 19.4 Å². The van der Waals surface area contributed by atoms with Gasteiger partial charge in [0.25, 0.3) is 0 Å². The molecule has 2 aromatic rings. The molecule has 1 unspecified atom stereocenters. The lowest BCUT2D eigenvalue weighted by Crippen LogP contribution is -2.28. The number of imidazole rings is 1. The Labute approximate surface area is 97.7 Å². The Morgan fingerprint density at radius 3 is 3.06 bits per heavy atom. The summed E-state index contributed by atoms with van der Waals surface area (Å²) in [6.07, 6.45) is 3.77. The Balaban J connectivity index is 2.01. The molecule has 1 fully saturated rings. The van der Waals surface area contributed by atoms with Crippen LogP contribution in [0.2, 0.25) is 5.15 Å². The smallest absolute Gasteiger partial charge is 0.182 e. The fourth-order valence-electron chi connectivity index (χ4n) is 2.10. The topological polar surface area (TPSA) is 66.5 Å². The third-order valence-electron chi connectivity index (χ3n) is 2.94. The number of rotatable bonds is 1. The fraction of sp³-hybridized carbons (Fsp3) is 0.500. The predicted octanol–water partition coefficient (Wildman–Crippen LogP) is 1.47. The van der Waals surface area contributed by atoms with Crippen molar-refractivity contribution >= 4 is 22.8 Å². The lowest BCUT2D eigenvalue weighted by molar-refractivity contribution is 0.449. The minimum atomic E-state index is 0.430. The highest BCUT2D eigenvalue weighted by Crippen LogP contribution is 2.24. The molecule has 1 aliphatic rings. The number of hydrogen-bond acceptors (Lipinski definition) is 4. The van der Waals surface area contributed by atoms with Gasteiger partial charge in [-0.15, -0.1) is 0 Å². The average molecular weight is 238 g/mol.